The molecule has 0 fully saturated rings. The van der Waals surface area contributed by atoms with E-state index in [2.05, 4.69) is 9.97 Å². The summed E-state index contributed by atoms with van der Waals surface area (Å²) in [6, 6.07) is 10.9. The molecule has 0 saturated carbocycles. The van der Waals surface area contributed by atoms with E-state index in [0.717, 1.165) is 5.02 Å². The molecule has 78 valence electrons. The molecular formula is C10H7Cl3N2. The van der Waals surface area contributed by atoms with E-state index < -0.39 is 0 Å². The minimum atomic E-state index is 0.366. The predicted octanol–water partition coefficient (Wildman–Crippen LogP) is 4.12. The Balaban J connectivity index is 0.000000151. The highest BCUT2D eigenvalue weighted by Gasteiger charge is 1.87. The number of benzene rings is 1. The van der Waals surface area contributed by atoms with Crippen LogP contribution in [0.3, 0.4) is 0 Å². The maximum Gasteiger partial charge on any atom is 0.133 e. The zero-order chi connectivity index (χ0) is 11.1. The third-order valence-corrected chi connectivity index (χ3v) is 2.00. The zero-order valence-corrected chi connectivity index (χ0v) is 9.84. The monoisotopic (exact) mass is 260 g/mol. The van der Waals surface area contributed by atoms with Crippen LogP contribution in [0.1, 0.15) is 0 Å². The summed E-state index contributed by atoms with van der Waals surface area (Å²) >= 11 is 16.4. The Kier molecular flexibility index (Phi) is 5.40. The first-order chi connectivity index (χ1) is 7.18. The van der Waals surface area contributed by atoms with Gasteiger partial charge in [-0.05, 0) is 12.1 Å². The van der Waals surface area contributed by atoms with Crippen LogP contribution in [-0.4, -0.2) is 9.97 Å². The molecule has 0 N–H and O–H groups in total. The maximum atomic E-state index is 5.54. The van der Waals surface area contributed by atoms with Gasteiger partial charge in [-0.25, -0.2) is 9.97 Å². The predicted molar refractivity (Wildman–Crippen MR) is 63.5 cm³/mol. The summed E-state index contributed by atoms with van der Waals surface area (Å²) in [4.78, 5) is 7.22. The van der Waals surface area contributed by atoms with Crippen LogP contribution in [0.25, 0.3) is 0 Å². The summed E-state index contributed by atoms with van der Waals surface area (Å²) in [5.41, 5.74) is 0. The Morgan fingerprint density at radius 3 is 1.60 bits per heavy atom. The van der Waals surface area contributed by atoms with Gasteiger partial charge in [0, 0.05) is 11.1 Å². The lowest BCUT2D eigenvalue weighted by Gasteiger charge is -1.85. The molecule has 0 radical (unpaired) electrons. The Hall–Kier alpha value is -0.830. The minimum absolute atomic E-state index is 0.366. The molecule has 0 atom stereocenters. The Labute approximate surface area is 103 Å². The fourth-order valence-corrected chi connectivity index (χ4v) is 1.22. The van der Waals surface area contributed by atoms with E-state index in [-0.39, 0.29) is 0 Å². The van der Waals surface area contributed by atoms with Crippen LogP contribution in [0.15, 0.2) is 42.7 Å². The Morgan fingerprint density at radius 2 is 1.33 bits per heavy atom. The topological polar surface area (TPSA) is 25.8 Å². The molecule has 0 spiro atoms. The van der Waals surface area contributed by atoms with Crippen molar-refractivity contribution < 1.29 is 0 Å². The van der Waals surface area contributed by atoms with Gasteiger partial charge in [0.1, 0.15) is 16.6 Å². The lowest BCUT2D eigenvalue weighted by molar-refractivity contribution is 1.17. The first-order valence-electron chi connectivity index (χ1n) is 4.02. The van der Waals surface area contributed by atoms with Crippen LogP contribution in [0, 0.1) is 0 Å². The fourth-order valence-electron chi connectivity index (χ4n) is 0.727. The number of hydrogen-bond acceptors (Lipinski definition) is 2. The highest BCUT2D eigenvalue weighted by atomic mass is 35.5. The number of nitrogens with zero attached hydrogens (tertiary/aromatic N) is 2. The summed E-state index contributed by atoms with van der Waals surface area (Å²) in [6.45, 7) is 0. The van der Waals surface area contributed by atoms with Crippen LogP contribution in [0.4, 0.5) is 0 Å². The number of rotatable bonds is 0. The van der Waals surface area contributed by atoms with Gasteiger partial charge < -0.3 is 0 Å². The lowest BCUT2D eigenvalue weighted by atomic mass is 10.4. The SMILES string of the molecule is Clc1cc(Cl)ncn1.Clc1ccccc1. The molecule has 2 nitrogen and oxygen atoms in total. The zero-order valence-electron chi connectivity index (χ0n) is 7.57. The van der Waals surface area contributed by atoms with Gasteiger partial charge in [-0.2, -0.15) is 0 Å². The average Bonchev–Trinajstić information content (AvgIpc) is 2.19. The van der Waals surface area contributed by atoms with E-state index in [4.69, 9.17) is 34.8 Å². The Morgan fingerprint density at radius 1 is 0.800 bits per heavy atom. The molecule has 2 rings (SSSR count). The average molecular weight is 262 g/mol. The molecule has 0 unspecified atom stereocenters. The Bertz CT molecular complexity index is 389. The molecule has 5 heteroatoms. The second-order valence-corrected chi connectivity index (χ2v) is 3.67. The van der Waals surface area contributed by atoms with Crippen LogP contribution in [0.2, 0.25) is 15.3 Å². The van der Waals surface area contributed by atoms with Gasteiger partial charge >= 0.3 is 0 Å². The minimum Gasteiger partial charge on any atom is -0.225 e. The first kappa shape index (κ1) is 12.2. The van der Waals surface area contributed by atoms with Crippen molar-refractivity contribution in [3.63, 3.8) is 0 Å². The van der Waals surface area contributed by atoms with E-state index in [1.165, 1.54) is 12.4 Å². The van der Waals surface area contributed by atoms with Crippen molar-refractivity contribution in [2.75, 3.05) is 0 Å². The number of hydrogen-bond donors (Lipinski definition) is 0. The molecule has 1 aromatic carbocycles. The van der Waals surface area contributed by atoms with E-state index in [0.29, 0.717) is 10.3 Å². The number of aromatic nitrogens is 2. The quantitative estimate of drug-likeness (QED) is 0.667. The standard InChI is InChI=1S/C6H5Cl.C4H2Cl2N2/c7-6-4-2-1-3-5-6;5-3-1-4(6)8-2-7-3/h1-5H;1-2H. The van der Waals surface area contributed by atoms with Crippen molar-refractivity contribution in [3.05, 3.63) is 58.1 Å². The lowest BCUT2D eigenvalue weighted by Crippen LogP contribution is -1.76. The molecule has 2 aromatic rings. The molecule has 0 saturated heterocycles. The van der Waals surface area contributed by atoms with Gasteiger partial charge in [0.05, 0.1) is 0 Å². The molecule has 1 heterocycles. The normalized spacial score (nSPS) is 9.00. The molecule has 0 aliphatic rings. The second kappa shape index (κ2) is 6.62. The van der Waals surface area contributed by atoms with Gasteiger partial charge in [-0.15, -0.1) is 0 Å². The van der Waals surface area contributed by atoms with Crippen molar-refractivity contribution >= 4 is 34.8 Å². The molecule has 0 aliphatic carbocycles. The van der Waals surface area contributed by atoms with Crippen molar-refractivity contribution in [2.45, 2.75) is 0 Å². The van der Waals surface area contributed by atoms with Gasteiger partial charge in [-0.3, -0.25) is 0 Å². The smallest absolute Gasteiger partial charge is 0.133 e. The van der Waals surface area contributed by atoms with Crippen molar-refractivity contribution in [1.29, 1.82) is 0 Å². The maximum absolute atomic E-state index is 5.54. The largest absolute Gasteiger partial charge is 0.225 e. The summed E-state index contributed by atoms with van der Waals surface area (Å²) in [7, 11) is 0. The molecule has 0 bridgehead atoms. The second-order valence-electron chi connectivity index (χ2n) is 2.46. The third kappa shape index (κ3) is 5.57. The van der Waals surface area contributed by atoms with Crippen LogP contribution >= 0.6 is 34.8 Å². The molecule has 0 amide bonds. The van der Waals surface area contributed by atoms with Crippen LogP contribution < -0.4 is 0 Å². The summed E-state index contributed by atoms with van der Waals surface area (Å²) in [5.74, 6) is 0. The van der Waals surface area contributed by atoms with Gasteiger partial charge in [0.25, 0.3) is 0 Å². The van der Waals surface area contributed by atoms with E-state index in [1.807, 2.05) is 30.3 Å². The molecular weight excluding hydrogens is 254 g/mol. The van der Waals surface area contributed by atoms with Crippen molar-refractivity contribution in [2.24, 2.45) is 0 Å². The van der Waals surface area contributed by atoms with E-state index in [9.17, 15) is 0 Å². The summed E-state index contributed by atoms with van der Waals surface area (Å²) in [5, 5.41) is 1.53. The van der Waals surface area contributed by atoms with Crippen molar-refractivity contribution in [1.82, 2.24) is 9.97 Å². The van der Waals surface area contributed by atoms with Gasteiger partial charge in [0.15, 0.2) is 0 Å². The number of halogens is 3. The molecule has 0 aliphatic heterocycles. The van der Waals surface area contributed by atoms with Gasteiger partial charge in [-0.1, -0.05) is 53.0 Å². The van der Waals surface area contributed by atoms with Crippen LogP contribution in [-0.2, 0) is 0 Å². The van der Waals surface area contributed by atoms with Gasteiger partial charge in [0.2, 0.25) is 0 Å². The summed E-state index contributed by atoms with van der Waals surface area (Å²) in [6.07, 6.45) is 1.31. The highest BCUT2D eigenvalue weighted by Crippen LogP contribution is 2.07. The fraction of sp³-hybridized carbons (Fsp3) is 0. The first-order valence-corrected chi connectivity index (χ1v) is 5.15. The van der Waals surface area contributed by atoms with E-state index in [1.54, 1.807) is 0 Å². The third-order valence-electron chi connectivity index (χ3n) is 1.33. The van der Waals surface area contributed by atoms with E-state index >= 15 is 0 Å². The molecule has 1 aromatic heterocycles. The summed E-state index contributed by atoms with van der Waals surface area (Å²) < 4.78 is 0. The highest BCUT2D eigenvalue weighted by molar-refractivity contribution is 6.33. The van der Waals surface area contributed by atoms with Crippen molar-refractivity contribution in [3.8, 4) is 0 Å². The molecule has 15 heavy (non-hydrogen) atoms. The van der Waals surface area contributed by atoms with Crippen LogP contribution in [0.5, 0.6) is 0 Å².